The monoisotopic (exact) mass is 180 g/mol. The third-order valence-electron chi connectivity index (χ3n) is 1.41. The molecule has 1 heterocycles. The van der Waals surface area contributed by atoms with Crippen molar-refractivity contribution >= 4 is 11.3 Å². The van der Waals surface area contributed by atoms with Crippen molar-refractivity contribution in [3.05, 3.63) is 21.9 Å². The fourth-order valence-electron chi connectivity index (χ4n) is 0.819. The molecule has 0 aromatic carbocycles. The summed E-state index contributed by atoms with van der Waals surface area (Å²) in [7, 11) is 0. The van der Waals surface area contributed by atoms with Gasteiger partial charge in [-0.05, 0) is 25.5 Å². The van der Waals surface area contributed by atoms with Gasteiger partial charge in [0.25, 0.3) is 0 Å². The maximum Gasteiger partial charge on any atom is 0.0771 e. The lowest BCUT2D eigenvalue weighted by molar-refractivity contribution is 0.290. The molecule has 1 rings (SSSR count). The third kappa shape index (κ3) is 3.08. The molecule has 1 N–H and O–H groups in total. The summed E-state index contributed by atoms with van der Waals surface area (Å²) in [5.41, 5.74) is 0. The minimum atomic E-state index is 0.234. The molecule has 0 aliphatic rings. The largest absolute Gasteiger partial charge is 0.396 e. The molecular weight excluding hydrogens is 168 g/mol. The van der Waals surface area contributed by atoms with Gasteiger partial charge in [0.2, 0.25) is 0 Å². The quantitative estimate of drug-likeness (QED) is 0.546. The summed E-state index contributed by atoms with van der Waals surface area (Å²) < 4.78 is 0. The normalized spacial score (nSPS) is 9.17. The Labute approximate surface area is 77.1 Å². The first kappa shape index (κ1) is 9.31. The molecule has 1 aromatic rings. The lowest BCUT2D eigenvalue weighted by Gasteiger charge is -1.82. The maximum atomic E-state index is 8.50. The molecule has 0 aliphatic heterocycles. The van der Waals surface area contributed by atoms with Gasteiger partial charge in [-0.25, -0.2) is 0 Å². The van der Waals surface area contributed by atoms with Gasteiger partial charge in [-0.15, -0.1) is 11.3 Å². The number of aliphatic hydroxyl groups is 1. The molecule has 0 aliphatic carbocycles. The molecule has 0 unspecified atom stereocenters. The molecule has 0 atom stereocenters. The Balaban J connectivity index is 2.43. The van der Waals surface area contributed by atoms with Crippen molar-refractivity contribution in [2.24, 2.45) is 0 Å². The number of unbranched alkanes of at least 4 members (excludes halogenated alkanes) is 1. The van der Waals surface area contributed by atoms with Crippen LogP contribution in [0.25, 0.3) is 0 Å². The summed E-state index contributed by atoms with van der Waals surface area (Å²) >= 11 is 1.71. The second-order valence-electron chi connectivity index (χ2n) is 2.54. The highest BCUT2D eigenvalue weighted by atomic mass is 32.1. The highest BCUT2D eigenvalue weighted by Crippen LogP contribution is 2.13. The zero-order valence-electron chi connectivity index (χ0n) is 7.13. The number of thiophene rings is 1. The standard InChI is InChI=1S/C10H12OS/c1-9-6-7-10(12-9)5-3-2-4-8-11/h6-7,11H,2,4,8H2,1H3. The smallest absolute Gasteiger partial charge is 0.0771 e. The minimum absolute atomic E-state index is 0.234. The zero-order chi connectivity index (χ0) is 8.81. The molecule has 64 valence electrons. The van der Waals surface area contributed by atoms with Crippen molar-refractivity contribution in [1.82, 2.24) is 0 Å². The molecule has 0 saturated carbocycles. The zero-order valence-corrected chi connectivity index (χ0v) is 7.95. The molecule has 1 aromatic heterocycles. The predicted octanol–water partition coefficient (Wildman–Crippen LogP) is 2.18. The van der Waals surface area contributed by atoms with Crippen LogP contribution in [0.1, 0.15) is 22.6 Å². The second-order valence-corrected chi connectivity index (χ2v) is 3.83. The summed E-state index contributed by atoms with van der Waals surface area (Å²) in [5.74, 6) is 6.07. The predicted molar refractivity (Wildman–Crippen MR) is 52.3 cm³/mol. The summed E-state index contributed by atoms with van der Waals surface area (Å²) in [6.07, 6.45) is 1.56. The van der Waals surface area contributed by atoms with Crippen LogP contribution >= 0.6 is 11.3 Å². The Hall–Kier alpha value is -0.780. The van der Waals surface area contributed by atoms with E-state index >= 15 is 0 Å². The molecule has 0 fully saturated rings. The Kier molecular flexibility index (Phi) is 3.86. The Bertz CT molecular complexity index is 290. The van der Waals surface area contributed by atoms with Gasteiger partial charge in [0.1, 0.15) is 0 Å². The van der Waals surface area contributed by atoms with E-state index in [9.17, 15) is 0 Å². The van der Waals surface area contributed by atoms with E-state index in [4.69, 9.17) is 5.11 Å². The molecule has 12 heavy (non-hydrogen) atoms. The van der Waals surface area contributed by atoms with Gasteiger partial charge in [0.05, 0.1) is 4.88 Å². The Morgan fingerprint density at radius 2 is 2.33 bits per heavy atom. The molecule has 0 amide bonds. The number of rotatable bonds is 2. The van der Waals surface area contributed by atoms with E-state index in [0.717, 1.165) is 17.7 Å². The van der Waals surface area contributed by atoms with Crippen molar-refractivity contribution in [3.63, 3.8) is 0 Å². The summed E-state index contributed by atoms with van der Waals surface area (Å²) in [4.78, 5) is 2.41. The van der Waals surface area contributed by atoms with Crippen LogP contribution in [0.15, 0.2) is 12.1 Å². The lowest BCUT2D eigenvalue weighted by Crippen LogP contribution is -1.78. The van der Waals surface area contributed by atoms with Crippen molar-refractivity contribution in [2.45, 2.75) is 19.8 Å². The SMILES string of the molecule is Cc1ccc(C#CCCCO)s1. The Morgan fingerprint density at radius 3 is 2.92 bits per heavy atom. The first-order chi connectivity index (χ1) is 5.83. The van der Waals surface area contributed by atoms with Crippen molar-refractivity contribution in [3.8, 4) is 11.8 Å². The van der Waals surface area contributed by atoms with Crippen molar-refractivity contribution < 1.29 is 5.11 Å². The fraction of sp³-hybridized carbons (Fsp3) is 0.400. The van der Waals surface area contributed by atoms with Gasteiger partial charge in [0.15, 0.2) is 0 Å². The van der Waals surface area contributed by atoms with Gasteiger partial charge < -0.3 is 5.11 Å². The molecule has 0 saturated heterocycles. The molecule has 0 bridgehead atoms. The number of aryl methyl sites for hydroxylation is 1. The number of aliphatic hydroxyl groups excluding tert-OH is 1. The third-order valence-corrected chi connectivity index (χ3v) is 2.33. The van der Waals surface area contributed by atoms with Crippen LogP contribution in [0.2, 0.25) is 0 Å². The van der Waals surface area contributed by atoms with Crippen LogP contribution in [0, 0.1) is 18.8 Å². The summed E-state index contributed by atoms with van der Waals surface area (Å²) in [6, 6.07) is 4.10. The Morgan fingerprint density at radius 1 is 1.50 bits per heavy atom. The average molecular weight is 180 g/mol. The van der Waals surface area contributed by atoms with Crippen LogP contribution in [-0.4, -0.2) is 11.7 Å². The molecule has 2 heteroatoms. The lowest BCUT2D eigenvalue weighted by atomic mass is 10.3. The van der Waals surface area contributed by atoms with Crippen molar-refractivity contribution in [1.29, 1.82) is 0 Å². The topological polar surface area (TPSA) is 20.2 Å². The first-order valence-corrected chi connectivity index (χ1v) is 4.81. The van der Waals surface area contributed by atoms with Gasteiger partial charge >= 0.3 is 0 Å². The van der Waals surface area contributed by atoms with E-state index in [0.29, 0.717) is 0 Å². The number of hydrogen-bond acceptors (Lipinski definition) is 2. The van der Waals surface area contributed by atoms with E-state index in [2.05, 4.69) is 24.8 Å². The summed E-state index contributed by atoms with van der Waals surface area (Å²) in [5, 5.41) is 8.50. The van der Waals surface area contributed by atoms with Crippen LogP contribution in [0.3, 0.4) is 0 Å². The van der Waals surface area contributed by atoms with E-state index < -0.39 is 0 Å². The van der Waals surface area contributed by atoms with E-state index in [-0.39, 0.29) is 6.61 Å². The van der Waals surface area contributed by atoms with Gasteiger partial charge in [-0.3, -0.25) is 0 Å². The highest BCUT2D eigenvalue weighted by Gasteiger charge is 1.89. The molecule has 1 nitrogen and oxygen atoms in total. The first-order valence-electron chi connectivity index (χ1n) is 3.99. The van der Waals surface area contributed by atoms with E-state index in [1.807, 2.05) is 6.07 Å². The van der Waals surface area contributed by atoms with Crippen LogP contribution in [-0.2, 0) is 0 Å². The number of hydrogen-bond donors (Lipinski definition) is 1. The second kappa shape index (κ2) is 4.97. The molecule has 0 spiro atoms. The van der Waals surface area contributed by atoms with Gasteiger partial charge in [-0.2, -0.15) is 0 Å². The fourth-order valence-corrected chi connectivity index (χ4v) is 1.56. The van der Waals surface area contributed by atoms with Crippen LogP contribution < -0.4 is 0 Å². The van der Waals surface area contributed by atoms with Crippen LogP contribution in [0.4, 0.5) is 0 Å². The average Bonchev–Trinajstić information content (AvgIpc) is 2.45. The maximum absolute atomic E-state index is 8.50. The van der Waals surface area contributed by atoms with E-state index in [1.54, 1.807) is 11.3 Å². The molecular formula is C10H12OS. The van der Waals surface area contributed by atoms with Gasteiger partial charge in [0, 0.05) is 17.9 Å². The van der Waals surface area contributed by atoms with Crippen molar-refractivity contribution in [2.75, 3.05) is 6.61 Å². The minimum Gasteiger partial charge on any atom is -0.396 e. The van der Waals surface area contributed by atoms with Crippen LogP contribution in [0.5, 0.6) is 0 Å². The summed E-state index contributed by atoms with van der Waals surface area (Å²) in [6.45, 7) is 2.31. The van der Waals surface area contributed by atoms with Gasteiger partial charge in [-0.1, -0.05) is 11.8 Å². The van der Waals surface area contributed by atoms with E-state index in [1.165, 1.54) is 4.88 Å². The highest BCUT2D eigenvalue weighted by molar-refractivity contribution is 7.12. The molecule has 0 radical (unpaired) electrons.